The van der Waals surface area contributed by atoms with Crippen LogP contribution in [0.2, 0.25) is 0 Å². The Morgan fingerprint density at radius 2 is 1.84 bits per heavy atom. The molecule has 0 saturated heterocycles. The Bertz CT molecular complexity index is 827. The highest BCUT2D eigenvalue weighted by Gasteiger charge is 2.19. The second-order valence-corrected chi connectivity index (χ2v) is 5.93. The summed E-state index contributed by atoms with van der Waals surface area (Å²) in [6.45, 7) is 4.32. The van der Waals surface area contributed by atoms with Gasteiger partial charge in [-0.1, -0.05) is 55.0 Å². The topological polar surface area (TPSA) is 72.7 Å². The summed E-state index contributed by atoms with van der Waals surface area (Å²) < 4.78 is 1.64. The zero-order chi connectivity index (χ0) is 17.6. The quantitative estimate of drug-likeness (QED) is 0.752. The molecule has 6 nitrogen and oxygen atoms in total. The maximum Gasteiger partial charge on any atom is 0.227 e. The molecule has 1 heterocycles. The molecule has 0 fully saturated rings. The van der Waals surface area contributed by atoms with Crippen LogP contribution in [0.4, 0.5) is 0 Å². The van der Waals surface area contributed by atoms with Crippen LogP contribution < -0.4 is 5.32 Å². The van der Waals surface area contributed by atoms with Gasteiger partial charge in [0.2, 0.25) is 5.91 Å². The molecule has 1 N–H and O–H groups in total. The molecule has 128 valence electrons. The van der Waals surface area contributed by atoms with Gasteiger partial charge >= 0.3 is 0 Å². The van der Waals surface area contributed by atoms with Crippen molar-refractivity contribution in [1.82, 2.24) is 25.5 Å². The van der Waals surface area contributed by atoms with Crippen molar-refractivity contribution in [2.24, 2.45) is 0 Å². The van der Waals surface area contributed by atoms with E-state index in [9.17, 15) is 4.79 Å². The zero-order valence-electron chi connectivity index (χ0n) is 14.4. The van der Waals surface area contributed by atoms with Gasteiger partial charge in [-0.25, -0.2) is 0 Å². The number of tetrazole rings is 1. The number of amides is 1. The first kappa shape index (κ1) is 16.8. The molecule has 0 aliphatic heterocycles. The average Bonchev–Trinajstić information content (AvgIpc) is 3.11. The second kappa shape index (κ2) is 7.70. The van der Waals surface area contributed by atoms with E-state index in [1.165, 1.54) is 5.56 Å². The molecule has 0 saturated carbocycles. The van der Waals surface area contributed by atoms with Gasteiger partial charge in [0, 0.05) is 0 Å². The van der Waals surface area contributed by atoms with Crippen LogP contribution in [0.1, 0.15) is 36.2 Å². The number of aryl methyl sites for hydroxylation is 1. The lowest BCUT2D eigenvalue weighted by atomic mass is 9.96. The Labute approximate surface area is 146 Å². The van der Waals surface area contributed by atoms with E-state index in [1.807, 2.05) is 68.4 Å². The fourth-order valence-corrected chi connectivity index (χ4v) is 2.75. The maximum absolute atomic E-state index is 12.6. The van der Waals surface area contributed by atoms with Gasteiger partial charge in [0.05, 0.1) is 18.2 Å². The standard InChI is InChI=1S/C19H21N5O/c1-3-17(15-7-5-4-6-8-15)19(25)20-13-18-21-22-23-24(18)16-11-9-14(2)10-12-16/h4-12,17H,3,13H2,1-2H3,(H,20,25). The highest BCUT2D eigenvalue weighted by Crippen LogP contribution is 2.19. The van der Waals surface area contributed by atoms with Crippen molar-refractivity contribution in [3.8, 4) is 5.69 Å². The molecule has 0 spiro atoms. The van der Waals surface area contributed by atoms with Gasteiger partial charge in [-0.2, -0.15) is 4.68 Å². The molecule has 0 aliphatic carbocycles. The van der Waals surface area contributed by atoms with Crippen LogP contribution in [0, 0.1) is 6.92 Å². The molecule has 0 radical (unpaired) electrons. The molecule has 1 unspecified atom stereocenters. The van der Waals surface area contributed by atoms with Crippen LogP contribution in [0.3, 0.4) is 0 Å². The maximum atomic E-state index is 12.6. The van der Waals surface area contributed by atoms with E-state index in [0.29, 0.717) is 5.82 Å². The third-order valence-electron chi connectivity index (χ3n) is 4.16. The van der Waals surface area contributed by atoms with Crippen molar-refractivity contribution in [3.05, 3.63) is 71.5 Å². The molecule has 3 aromatic rings. The van der Waals surface area contributed by atoms with Crippen molar-refractivity contribution in [1.29, 1.82) is 0 Å². The zero-order valence-corrected chi connectivity index (χ0v) is 14.4. The van der Waals surface area contributed by atoms with Crippen LogP contribution in [-0.4, -0.2) is 26.1 Å². The minimum absolute atomic E-state index is 0.0212. The van der Waals surface area contributed by atoms with Gasteiger partial charge in [-0.05, 0) is 41.5 Å². The van der Waals surface area contributed by atoms with E-state index in [0.717, 1.165) is 17.7 Å². The smallest absolute Gasteiger partial charge is 0.227 e. The SMILES string of the molecule is CCC(C(=O)NCc1nnnn1-c1ccc(C)cc1)c1ccccc1. The van der Waals surface area contributed by atoms with Gasteiger partial charge in [0.25, 0.3) is 0 Å². The summed E-state index contributed by atoms with van der Waals surface area (Å²) >= 11 is 0. The normalized spacial score (nSPS) is 11.9. The molecule has 1 aromatic heterocycles. The van der Waals surface area contributed by atoms with Crippen molar-refractivity contribution < 1.29 is 4.79 Å². The van der Waals surface area contributed by atoms with Gasteiger partial charge in [0.15, 0.2) is 5.82 Å². The third kappa shape index (κ3) is 3.91. The number of hydrogen-bond donors (Lipinski definition) is 1. The lowest BCUT2D eigenvalue weighted by molar-refractivity contribution is -0.122. The highest BCUT2D eigenvalue weighted by atomic mass is 16.1. The first-order valence-corrected chi connectivity index (χ1v) is 8.36. The minimum atomic E-state index is -0.176. The first-order valence-electron chi connectivity index (χ1n) is 8.36. The fourth-order valence-electron chi connectivity index (χ4n) is 2.75. The van der Waals surface area contributed by atoms with Crippen LogP contribution in [0.5, 0.6) is 0 Å². The largest absolute Gasteiger partial charge is 0.348 e. The second-order valence-electron chi connectivity index (χ2n) is 5.93. The predicted octanol–water partition coefficient (Wildman–Crippen LogP) is 2.78. The molecule has 1 amide bonds. The lowest BCUT2D eigenvalue weighted by Crippen LogP contribution is -2.29. The molecule has 1 atom stereocenters. The monoisotopic (exact) mass is 335 g/mol. The summed E-state index contributed by atoms with van der Waals surface area (Å²) in [5.41, 5.74) is 3.05. The number of aromatic nitrogens is 4. The lowest BCUT2D eigenvalue weighted by Gasteiger charge is -2.15. The van der Waals surface area contributed by atoms with Gasteiger partial charge in [-0.15, -0.1) is 5.10 Å². The highest BCUT2D eigenvalue weighted by molar-refractivity contribution is 5.83. The minimum Gasteiger partial charge on any atom is -0.348 e. The van der Waals surface area contributed by atoms with Gasteiger partial charge < -0.3 is 5.32 Å². The molecule has 25 heavy (non-hydrogen) atoms. The molecular weight excluding hydrogens is 314 g/mol. The Balaban J connectivity index is 1.71. The summed E-state index contributed by atoms with van der Waals surface area (Å²) in [5.74, 6) is 0.400. The number of benzene rings is 2. The Hall–Kier alpha value is -3.02. The summed E-state index contributed by atoms with van der Waals surface area (Å²) in [7, 11) is 0. The van der Waals surface area contributed by atoms with E-state index in [1.54, 1.807) is 4.68 Å². The number of hydrogen-bond acceptors (Lipinski definition) is 4. The number of rotatable bonds is 6. The molecule has 0 aliphatic rings. The van der Waals surface area contributed by atoms with Crippen LogP contribution in [0.15, 0.2) is 54.6 Å². The number of carbonyl (C=O) groups is 1. The van der Waals surface area contributed by atoms with Gasteiger partial charge in [0.1, 0.15) is 0 Å². The van der Waals surface area contributed by atoms with E-state index in [-0.39, 0.29) is 18.4 Å². The van der Waals surface area contributed by atoms with Crippen LogP contribution in [0.25, 0.3) is 5.69 Å². The summed E-state index contributed by atoms with van der Waals surface area (Å²) in [4.78, 5) is 12.6. The van der Waals surface area contributed by atoms with Crippen molar-refractivity contribution in [3.63, 3.8) is 0 Å². The van der Waals surface area contributed by atoms with Crippen LogP contribution >= 0.6 is 0 Å². The predicted molar refractivity (Wildman–Crippen MR) is 95.2 cm³/mol. The van der Waals surface area contributed by atoms with E-state index in [2.05, 4.69) is 20.8 Å². The summed E-state index contributed by atoms with van der Waals surface area (Å²) in [6.07, 6.45) is 0.735. The first-order chi connectivity index (χ1) is 12.2. The Morgan fingerprint density at radius 3 is 2.52 bits per heavy atom. The molecule has 0 bridgehead atoms. The summed E-state index contributed by atoms with van der Waals surface area (Å²) in [6, 6.07) is 17.7. The molecule has 3 rings (SSSR count). The third-order valence-corrected chi connectivity index (χ3v) is 4.16. The van der Waals surface area contributed by atoms with Crippen molar-refractivity contribution in [2.45, 2.75) is 32.7 Å². The molecule has 2 aromatic carbocycles. The van der Waals surface area contributed by atoms with E-state index >= 15 is 0 Å². The summed E-state index contributed by atoms with van der Waals surface area (Å²) in [5, 5.41) is 14.7. The van der Waals surface area contributed by atoms with Crippen molar-refractivity contribution >= 4 is 5.91 Å². The Morgan fingerprint density at radius 1 is 1.12 bits per heavy atom. The van der Waals surface area contributed by atoms with Crippen molar-refractivity contribution in [2.75, 3.05) is 0 Å². The average molecular weight is 335 g/mol. The van der Waals surface area contributed by atoms with Crippen LogP contribution in [-0.2, 0) is 11.3 Å². The van der Waals surface area contributed by atoms with E-state index in [4.69, 9.17) is 0 Å². The number of nitrogens with zero attached hydrogens (tertiary/aromatic N) is 4. The number of carbonyl (C=O) groups excluding carboxylic acids is 1. The fraction of sp³-hybridized carbons (Fsp3) is 0.263. The van der Waals surface area contributed by atoms with E-state index < -0.39 is 0 Å². The molecule has 6 heteroatoms. The number of nitrogens with one attached hydrogen (secondary N) is 1. The van der Waals surface area contributed by atoms with Gasteiger partial charge in [-0.3, -0.25) is 4.79 Å². The Kier molecular flexibility index (Phi) is 5.18. The molecular formula is C19H21N5O.